The SMILES string of the molecule is N#Cc1ccc(-n2c3ccc(-n4c5ccccc5c5ccccc54)cc3c3c4oc5ccccc5c4ccc32)c(-n2c3ccc(-n4c5ccccc5c5ccccc54)cc3c3c4oc5ccccc5c4ccc32)c1C#N. The number of rotatable bonds is 4. The van der Waals surface area contributed by atoms with Crippen molar-refractivity contribution in [2.75, 3.05) is 0 Å². The van der Waals surface area contributed by atoms with Crippen molar-refractivity contribution in [2.24, 2.45) is 0 Å². The molecule has 17 rings (SSSR count). The highest BCUT2D eigenvalue weighted by molar-refractivity contribution is 6.26. The van der Waals surface area contributed by atoms with Gasteiger partial charge in [-0.25, -0.2) is 0 Å². The number of nitrogens with zero attached hydrogens (tertiary/aromatic N) is 6. The molecule has 8 heteroatoms. The molecule has 0 atom stereocenters. The van der Waals surface area contributed by atoms with Crippen molar-refractivity contribution >= 4 is 131 Å². The van der Waals surface area contributed by atoms with Gasteiger partial charge in [0.1, 0.15) is 34.5 Å². The Hall–Kier alpha value is -10.8. The summed E-state index contributed by atoms with van der Waals surface area (Å²) >= 11 is 0. The molecule has 0 saturated heterocycles. The molecular weight excluding hydrogens is 933 g/mol. The second kappa shape index (κ2) is 14.9. The highest BCUT2D eigenvalue weighted by Gasteiger charge is 2.28. The zero-order valence-electron chi connectivity index (χ0n) is 40.3. The van der Waals surface area contributed by atoms with Gasteiger partial charge in [-0.2, -0.15) is 10.5 Å². The average Bonchev–Trinajstić information content (AvgIpc) is 4.39. The molecule has 0 amide bonds. The lowest BCUT2D eigenvalue weighted by Crippen LogP contribution is -2.07. The third-order valence-electron chi connectivity index (χ3n) is 16.0. The molecule has 0 spiro atoms. The van der Waals surface area contributed by atoms with Crippen LogP contribution in [0.2, 0.25) is 0 Å². The number of nitriles is 2. The molecular formula is C68H36N6O2. The fourth-order valence-electron chi connectivity index (χ4n) is 12.9. The van der Waals surface area contributed by atoms with Crippen LogP contribution in [0.15, 0.2) is 227 Å². The molecule has 0 unspecified atom stereocenters. The van der Waals surface area contributed by atoms with E-state index in [0.717, 1.165) is 127 Å². The topological polar surface area (TPSA) is 93.6 Å². The van der Waals surface area contributed by atoms with E-state index in [1.165, 1.54) is 21.5 Å². The Balaban J connectivity index is 1.02. The molecule has 6 aromatic heterocycles. The number of hydrogen-bond acceptors (Lipinski definition) is 4. The van der Waals surface area contributed by atoms with Crippen molar-refractivity contribution in [2.45, 2.75) is 0 Å². The van der Waals surface area contributed by atoms with Crippen molar-refractivity contribution in [3.05, 3.63) is 230 Å². The monoisotopic (exact) mass is 968 g/mol. The Morgan fingerprint density at radius 3 is 1.16 bits per heavy atom. The van der Waals surface area contributed by atoms with Crippen LogP contribution in [0.4, 0.5) is 0 Å². The Kier molecular flexibility index (Phi) is 7.99. The first-order valence-corrected chi connectivity index (χ1v) is 25.4. The number of furan rings is 2. The second-order valence-corrected chi connectivity index (χ2v) is 19.8. The van der Waals surface area contributed by atoms with Crippen LogP contribution in [0.5, 0.6) is 0 Å². The van der Waals surface area contributed by atoms with Crippen LogP contribution in [-0.4, -0.2) is 18.3 Å². The minimum atomic E-state index is 0.261. The summed E-state index contributed by atoms with van der Waals surface area (Å²) in [6, 6.07) is 81.2. The fraction of sp³-hybridized carbons (Fsp3) is 0. The van der Waals surface area contributed by atoms with Crippen LogP contribution >= 0.6 is 0 Å². The van der Waals surface area contributed by atoms with Crippen LogP contribution in [0.25, 0.3) is 154 Å². The molecule has 0 aliphatic rings. The van der Waals surface area contributed by atoms with Gasteiger partial charge in [0.15, 0.2) is 0 Å². The lowest BCUT2D eigenvalue weighted by atomic mass is 10.0. The number of para-hydroxylation sites is 6. The molecule has 0 fully saturated rings. The molecule has 0 saturated carbocycles. The van der Waals surface area contributed by atoms with E-state index in [1.54, 1.807) is 6.07 Å². The molecule has 6 heterocycles. The van der Waals surface area contributed by atoms with E-state index in [4.69, 9.17) is 8.83 Å². The molecule has 0 bridgehead atoms. The molecule has 0 aliphatic carbocycles. The van der Waals surface area contributed by atoms with Gasteiger partial charge in [-0.15, -0.1) is 0 Å². The van der Waals surface area contributed by atoms with Gasteiger partial charge in [0.25, 0.3) is 0 Å². The van der Waals surface area contributed by atoms with Crippen molar-refractivity contribution < 1.29 is 8.83 Å². The van der Waals surface area contributed by atoms with E-state index in [1.807, 2.05) is 42.5 Å². The van der Waals surface area contributed by atoms with E-state index >= 15 is 0 Å². The Morgan fingerprint density at radius 2 is 0.697 bits per heavy atom. The minimum Gasteiger partial charge on any atom is -0.455 e. The average molecular weight is 969 g/mol. The molecule has 8 nitrogen and oxygen atoms in total. The zero-order chi connectivity index (χ0) is 49.9. The van der Waals surface area contributed by atoms with Gasteiger partial charge in [-0.05, 0) is 109 Å². The minimum absolute atomic E-state index is 0.261. The van der Waals surface area contributed by atoms with Crippen LogP contribution in [0.3, 0.4) is 0 Å². The second-order valence-electron chi connectivity index (χ2n) is 19.8. The molecule has 17 aromatic rings. The number of aromatic nitrogens is 4. The summed E-state index contributed by atoms with van der Waals surface area (Å²) in [7, 11) is 0. The summed E-state index contributed by atoms with van der Waals surface area (Å²) in [5.74, 6) is 0. The zero-order valence-corrected chi connectivity index (χ0v) is 40.3. The maximum Gasteiger partial charge on any atom is 0.145 e. The van der Waals surface area contributed by atoms with Gasteiger partial charge in [-0.3, -0.25) is 0 Å². The smallest absolute Gasteiger partial charge is 0.145 e. The molecule has 0 radical (unpaired) electrons. The highest BCUT2D eigenvalue weighted by atomic mass is 16.3. The van der Waals surface area contributed by atoms with Crippen LogP contribution < -0.4 is 0 Å². The van der Waals surface area contributed by atoms with E-state index in [2.05, 4.69) is 200 Å². The van der Waals surface area contributed by atoms with E-state index < -0.39 is 0 Å². The van der Waals surface area contributed by atoms with Crippen LogP contribution in [0.1, 0.15) is 11.1 Å². The molecule has 76 heavy (non-hydrogen) atoms. The summed E-state index contributed by atoms with van der Waals surface area (Å²) < 4.78 is 23.0. The van der Waals surface area contributed by atoms with Gasteiger partial charge in [0.2, 0.25) is 0 Å². The number of fused-ring (bicyclic) bond motifs is 20. The predicted molar refractivity (Wildman–Crippen MR) is 308 cm³/mol. The van der Waals surface area contributed by atoms with Gasteiger partial charge >= 0.3 is 0 Å². The third kappa shape index (κ3) is 5.23. The summed E-state index contributed by atoms with van der Waals surface area (Å²) in [4.78, 5) is 0. The number of hydrogen-bond donors (Lipinski definition) is 0. The first kappa shape index (κ1) is 40.8. The third-order valence-corrected chi connectivity index (χ3v) is 16.0. The Morgan fingerprint density at radius 1 is 0.303 bits per heavy atom. The lowest BCUT2D eigenvalue weighted by molar-refractivity contribution is 0.672. The van der Waals surface area contributed by atoms with Crippen LogP contribution in [-0.2, 0) is 0 Å². The fourth-order valence-corrected chi connectivity index (χ4v) is 12.9. The van der Waals surface area contributed by atoms with Crippen molar-refractivity contribution in [3.63, 3.8) is 0 Å². The van der Waals surface area contributed by atoms with E-state index in [-0.39, 0.29) is 11.1 Å². The van der Waals surface area contributed by atoms with Crippen molar-refractivity contribution in [3.8, 4) is 34.9 Å². The summed E-state index contributed by atoms with van der Waals surface area (Å²) in [6.45, 7) is 0. The summed E-state index contributed by atoms with van der Waals surface area (Å²) in [5.41, 5.74) is 14.9. The van der Waals surface area contributed by atoms with Crippen molar-refractivity contribution in [1.29, 1.82) is 10.5 Å². The predicted octanol–water partition coefficient (Wildman–Crippen LogP) is 17.6. The van der Waals surface area contributed by atoms with Gasteiger partial charge in [0.05, 0.1) is 77.4 Å². The molecule has 0 N–H and O–H groups in total. The lowest BCUT2D eigenvalue weighted by Gasteiger charge is -2.19. The van der Waals surface area contributed by atoms with E-state index in [9.17, 15) is 10.5 Å². The Bertz CT molecular complexity index is 5420. The maximum absolute atomic E-state index is 11.5. The quantitative estimate of drug-likeness (QED) is 0.176. The van der Waals surface area contributed by atoms with Crippen LogP contribution in [0, 0.1) is 22.7 Å². The highest BCUT2D eigenvalue weighted by Crippen LogP contribution is 2.47. The molecule has 0 aliphatic heterocycles. The van der Waals surface area contributed by atoms with E-state index in [0.29, 0.717) is 5.69 Å². The van der Waals surface area contributed by atoms with Crippen molar-refractivity contribution in [1.82, 2.24) is 18.3 Å². The standard InChI is InChI=1S/C68H36N6O2/c69-37-39-25-30-61(73-57-31-26-40(71-53-19-7-1-13-42(53)43-14-2-8-20-54(43)71)35-50(57)64-59(73)33-28-48-46-17-5-11-23-62(46)75-67(48)64)66(52(39)38-70)74-58-32-27-41(72-55-21-9-3-15-44(55)45-16-4-10-22-56(45)72)36-51(58)65-60(74)34-29-49-47-18-6-12-24-63(47)76-68(49)65/h1-36H. The first-order chi connectivity index (χ1) is 37.6. The summed E-state index contributed by atoms with van der Waals surface area (Å²) in [6.07, 6.45) is 0. The maximum atomic E-state index is 11.5. The number of benzene rings is 11. The summed E-state index contributed by atoms with van der Waals surface area (Å²) in [5, 5.41) is 35.0. The first-order valence-electron chi connectivity index (χ1n) is 25.4. The molecule has 350 valence electrons. The van der Waals surface area contributed by atoms with Gasteiger partial charge in [0, 0.05) is 65.2 Å². The Labute approximate surface area is 431 Å². The van der Waals surface area contributed by atoms with Gasteiger partial charge < -0.3 is 27.1 Å². The molecule has 11 aromatic carbocycles. The normalized spacial score (nSPS) is 12.2. The van der Waals surface area contributed by atoms with Gasteiger partial charge in [-0.1, -0.05) is 109 Å². The largest absolute Gasteiger partial charge is 0.455 e.